The summed E-state index contributed by atoms with van der Waals surface area (Å²) in [7, 11) is 0. The number of rotatable bonds is 6. The second-order valence-corrected chi connectivity index (χ2v) is 7.67. The first-order valence-corrected chi connectivity index (χ1v) is 9.80. The second-order valence-electron chi connectivity index (χ2n) is 7.27. The highest BCUT2D eigenvalue weighted by molar-refractivity contribution is 6.31. The van der Waals surface area contributed by atoms with Gasteiger partial charge in [0.25, 0.3) is 0 Å². The molecule has 0 saturated carbocycles. The van der Waals surface area contributed by atoms with Crippen LogP contribution < -0.4 is 0 Å². The molecular weight excluding hydrogens is 370 g/mol. The maximum absolute atomic E-state index is 13.2. The first-order valence-electron chi connectivity index (χ1n) is 9.42. The van der Waals surface area contributed by atoms with Crippen molar-refractivity contribution in [2.24, 2.45) is 0 Å². The summed E-state index contributed by atoms with van der Waals surface area (Å²) in [5, 5.41) is 1.77. The Morgan fingerprint density at radius 3 is 2.64 bits per heavy atom. The van der Waals surface area contributed by atoms with E-state index in [1.54, 1.807) is 6.20 Å². The first-order chi connectivity index (χ1) is 13.5. The van der Waals surface area contributed by atoms with Crippen LogP contribution in [0.15, 0.2) is 67.0 Å². The maximum atomic E-state index is 13.2. The van der Waals surface area contributed by atoms with Crippen molar-refractivity contribution in [3.8, 4) is 0 Å². The van der Waals surface area contributed by atoms with Crippen molar-refractivity contribution in [3.05, 3.63) is 89.1 Å². The lowest BCUT2D eigenvalue weighted by Crippen LogP contribution is -2.16. The van der Waals surface area contributed by atoms with E-state index < -0.39 is 0 Å². The van der Waals surface area contributed by atoms with Gasteiger partial charge in [-0.15, -0.1) is 0 Å². The molecule has 1 N–H and O–H groups in total. The van der Waals surface area contributed by atoms with Crippen LogP contribution in [0.3, 0.4) is 0 Å². The number of para-hydroxylation sites is 1. The Bertz CT molecular complexity index is 1090. The van der Waals surface area contributed by atoms with Crippen LogP contribution in [0.4, 0.5) is 0 Å². The molecule has 28 heavy (non-hydrogen) atoms. The average molecular weight is 392 g/mol. The molecule has 2 heterocycles. The van der Waals surface area contributed by atoms with Gasteiger partial charge in [-0.2, -0.15) is 0 Å². The molecule has 4 rings (SSSR count). The molecule has 0 fully saturated rings. The molecule has 1 atom stereocenters. The Balaban J connectivity index is 1.76. The Kier molecular flexibility index (Phi) is 5.05. The standard InChI is InChI=1S/C23H22ClN3O/c1-15(2)27-12-11-25-23(27)22(28)14-18(17-8-4-5-9-19(17)24)21-13-16-7-3-6-10-20(16)26-21/h3-13,15,18,26H,14H2,1-2H3/t18-/m0/s1. The van der Waals surface area contributed by atoms with Gasteiger partial charge in [-0.1, -0.05) is 48.0 Å². The van der Waals surface area contributed by atoms with Crippen molar-refractivity contribution in [2.45, 2.75) is 32.2 Å². The van der Waals surface area contributed by atoms with Crippen molar-refractivity contribution in [2.75, 3.05) is 0 Å². The van der Waals surface area contributed by atoms with E-state index in [0.717, 1.165) is 22.2 Å². The lowest BCUT2D eigenvalue weighted by atomic mass is 9.90. The molecule has 0 aliphatic heterocycles. The van der Waals surface area contributed by atoms with Crippen LogP contribution in [0, 0.1) is 0 Å². The number of benzene rings is 2. The van der Waals surface area contributed by atoms with Gasteiger partial charge in [0.15, 0.2) is 11.6 Å². The van der Waals surface area contributed by atoms with E-state index in [9.17, 15) is 4.79 Å². The molecule has 0 bridgehead atoms. The number of nitrogens with one attached hydrogen (secondary N) is 1. The van der Waals surface area contributed by atoms with E-state index >= 15 is 0 Å². The average Bonchev–Trinajstić information content (AvgIpc) is 3.33. The monoisotopic (exact) mass is 391 g/mol. The molecule has 0 unspecified atom stereocenters. The summed E-state index contributed by atoms with van der Waals surface area (Å²) in [6.07, 6.45) is 3.83. The van der Waals surface area contributed by atoms with Crippen molar-refractivity contribution in [1.29, 1.82) is 0 Å². The normalized spacial score (nSPS) is 12.6. The lowest BCUT2D eigenvalue weighted by Gasteiger charge is -2.18. The van der Waals surface area contributed by atoms with E-state index in [2.05, 4.69) is 22.1 Å². The Morgan fingerprint density at radius 1 is 1.14 bits per heavy atom. The van der Waals surface area contributed by atoms with E-state index in [4.69, 9.17) is 11.6 Å². The minimum atomic E-state index is -0.175. The molecule has 0 amide bonds. The molecule has 4 nitrogen and oxygen atoms in total. The number of ketones is 1. The number of nitrogens with zero attached hydrogens (tertiary/aromatic N) is 2. The van der Waals surface area contributed by atoms with Gasteiger partial charge in [0.05, 0.1) is 0 Å². The van der Waals surface area contributed by atoms with Crippen LogP contribution in [-0.2, 0) is 0 Å². The number of imidazole rings is 1. The number of halogens is 1. The van der Waals surface area contributed by atoms with Crippen LogP contribution in [-0.4, -0.2) is 20.3 Å². The molecule has 0 aliphatic rings. The summed E-state index contributed by atoms with van der Waals surface area (Å²) >= 11 is 6.51. The van der Waals surface area contributed by atoms with Gasteiger partial charge >= 0.3 is 0 Å². The van der Waals surface area contributed by atoms with Crippen molar-refractivity contribution in [3.63, 3.8) is 0 Å². The van der Waals surface area contributed by atoms with E-state index in [-0.39, 0.29) is 17.7 Å². The minimum absolute atomic E-state index is 0.00211. The number of aromatic nitrogens is 3. The fourth-order valence-corrected chi connectivity index (χ4v) is 3.92. The summed E-state index contributed by atoms with van der Waals surface area (Å²) in [4.78, 5) is 21.0. The summed E-state index contributed by atoms with van der Waals surface area (Å²) in [5.41, 5.74) is 2.96. The zero-order valence-corrected chi connectivity index (χ0v) is 16.6. The van der Waals surface area contributed by atoms with Gasteiger partial charge in [-0.3, -0.25) is 4.79 Å². The fourth-order valence-electron chi connectivity index (χ4n) is 3.65. The number of hydrogen-bond acceptors (Lipinski definition) is 2. The Hall–Kier alpha value is -2.85. The number of carbonyl (C=O) groups is 1. The number of H-pyrrole nitrogens is 1. The molecule has 5 heteroatoms. The molecule has 2 aromatic heterocycles. The van der Waals surface area contributed by atoms with E-state index in [1.165, 1.54) is 0 Å². The summed E-state index contributed by atoms with van der Waals surface area (Å²) in [6, 6.07) is 18.1. The molecule has 0 saturated heterocycles. The molecule has 142 valence electrons. The Labute approximate surface area is 169 Å². The van der Waals surface area contributed by atoms with Gasteiger partial charge in [0.2, 0.25) is 0 Å². The summed E-state index contributed by atoms with van der Waals surface area (Å²) in [5.74, 6) is 0.316. The summed E-state index contributed by atoms with van der Waals surface area (Å²) < 4.78 is 1.91. The molecule has 2 aromatic carbocycles. The third kappa shape index (κ3) is 3.48. The predicted molar refractivity (Wildman–Crippen MR) is 113 cm³/mol. The highest BCUT2D eigenvalue weighted by atomic mass is 35.5. The molecule has 0 radical (unpaired) electrons. The highest BCUT2D eigenvalue weighted by Gasteiger charge is 2.25. The Morgan fingerprint density at radius 2 is 1.89 bits per heavy atom. The van der Waals surface area contributed by atoms with Gasteiger partial charge < -0.3 is 9.55 Å². The predicted octanol–water partition coefficient (Wildman–Crippen LogP) is 6.00. The topological polar surface area (TPSA) is 50.7 Å². The van der Waals surface area contributed by atoms with Crippen LogP contribution in [0.25, 0.3) is 10.9 Å². The van der Waals surface area contributed by atoms with Gasteiger partial charge in [-0.25, -0.2) is 4.98 Å². The number of carbonyl (C=O) groups excluding carboxylic acids is 1. The fraction of sp³-hybridized carbons (Fsp3) is 0.217. The van der Waals surface area contributed by atoms with Gasteiger partial charge in [0.1, 0.15) is 0 Å². The maximum Gasteiger partial charge on any atom is 0.199 e. The smallest absolute Gasteiger partial charge is 0.199 e. The summed E-state index contributed by atoms with van der Waals surface area (Å²) in [6.45, 7) is 4.09. The zero-order valence-electron chi connectivity index (χ0n) is 15.9. The van der Waals surface area contributed by atoms with Crippen LogP contribution >= 0.6 is 11.6 Å². The molecule has 4 aromatic rings. The molecule has 0 aliphatic carbocycles. The number of fused-ring (bicyclic) bond motifs is 1. The number of Topliss-reactive ketones (excluding diaryl/α,β-unsaturated/α-hetero) is 1. The van der Waals surface area contributed by atoms with Gasteiger partial charge in [0, 0.05) is 47.0 Å². The third-order valence-corrected chi connectivity index (χ3v) is 5.41. The van der Waals surface area contributed by atoms with Crippen molar-refractivity contribution >= 4 is 28.3 Å². The quantitative estimate of drug-likeness (QED) is 0.409. The largest absolute Gasteiger partial charge is 0.358 e. The van der Waals surface area contributed by atoms with E-state index in [0.29, 0.717) is 17.3 Å². The van der Waals surface area contributed by atoms with Crippen LogP contribution in [0.5, 0.6) is 0 Å². The molecule has 0 spiro atoms. The SMILES string of the molecule is CC(C)n1ccnc1C(=O)C[C@H](c1cc2ccccc2[nH]1)c1ccccc1Cl. The van der Waals surface area contributed by atoms with E-state index in [1.807, 2.05) is 67.1 Å². The minimum Gasteiger partial charge on any atom is -0.358 e. The lowest BCUT2D eigenvalue weighted by molar-refractivity contribution is 0.0961. The van der Waals surface area contributed by atoms with Gasteiger partial charge in [-0.05, 0) is 43.0 Å². The van der Waals surface area contributed by atoms with Crippen LogP contribution in [0.1, 0.15) is 54.1 Å². The van der Waals surface area contributed by atoms with Crippen LogP contribution in [0.2, 0.25) is 5.02 Å². The van der Waals surface area contributed by atoms with Crippen molar-refractivity contribution in [1.82, 2.24) is 14.5 Å². The third-order valence-electron chi connectivity index (χ3n) is 5.07. The zero-order chi connectivity index (χ0) is 19.7. The molecular formula is C23H22ClN3O. The number of hydrogen-bond donors (Lipinski definition) is 1. The number of aromatic amines is 1. The second kappa shape index (κ2) is 7.64. The van der Waals surface area contributed by atoms with Crippen molar-refractivity contribution < 1.29 is 4.79 Å². The highest BCUT2D eigenvalue weighted by Crippen LogP contribution is 2.35. The first kappa shape index (κ1) is 18.5.